The van der Waals surface area contributed by atoms with E-state index in [1.165, 1.54) is 77.0 Å². The molecular formula is C45H77NO5. The summed E-state index contributed by atoms with van der Waals surface area (Å²) in [4.78, 5) is 35.0. The predicted octanol–water partition coefficient (Wildman–Crippen LogP) is 12.8. The van der Waals surface area contributed by atoms with Crippen LogP contribution in [0.4, 0.5) is 0 Å². The van der Waals surface area contributed by atoms with Gasteiger partial charge < -0.3 is 15.2 Å². The van der Waals surface area contributed by atoms with Gasteiger partial charge in [0.2, 0.25) is 5.91 Å². The van der Waals surface area contributed by atoms with Crippen molar-refractivity contribution in [3.63, 3.8) is 0 Å². The van der Waals surface area contributed by atoms with Crippen LogP contribution in [0.25, 0.3) is 0 Å². The van der Waals surface area contributed by atoms with Crippen LogP contribution in [0.3, 0.4) is 0 Å². The zero-order valence-electron chi connectivity index (χ0n) is 32.9. The van der Waals surface area contributed by atoms with Crippen LogP contribution in [-0.2, 0) is 19.1 Å². The predicted molar refractivity (Wildman–Crippen MR) is 217 cm³/mol. The largest absolute Gasteiger partial charge is 0.480 e. The van der Waals surface area contributed by atoms with Crippen molar-refractivity contribution in [3.05, 3.63) is 60.8 Å². The number of nitrogens with one attached hydrogen (secondary N) is 1. The second kappa shape index (κ2) is 39.9. The highest BCUT2D eigenvalue weighted by atomic mass is 16.5. The fraction of sp³-hybridized carbons (Fsp3) is 0.711. The number of unbranched alkanes of at least 4 members (excludes halogenated alkanes) is 16. The van der Waals surface area contributed by atoms with Gasteiger partial charge in [-0.25, -0.2) is 0 Å². The van der Waals surface area contributed by atoms with Gasteiger partial charge in [0.1, 0.15) is 12.6 Å². The number of carbonyl (C=O) groups is 3. The van der Waals surface area contributed by atoms with Crippen molar-refractivity contribution < 1.29 is 24.2 Å². The Morgan fingerprint density at radius 2 is 1.00 bits per heavy atom. The Hall–Kier alpha value is -2.89. The van der Waals surface area contributed by atoms with E-state index in [1.807, 2.05) is 0 Å². The molecule has 51 heavy (non-hydrogen) atoms. The molecule has 0 fully saturated rings. The SMILES string of the molecule is CC/C=C\C/C=C\C/C=C\C/C=C\CCC(CCCCCCCC(=O)NCC(=O)O)OC(=O)CCCCCCC/C=C\CCCCCCCCC. The van der Waals surface area contributed by atoms with Crippen LogP contribution < -0.4 is 5.32 Å². The van der Waals surface area contributed by atoms with Gasteiger partial charge in [0.25, 0.3) is 0 Å². The normalized spacial score (nSPS) is 12.7. The monoisotopic (exact) mass is 712 g/mol. The molecule has 0 rings (SSSR count). The number of esters is 1. The minimum absolute atomic E-state index is 0.0563. The molecule has 6 nitrogen and oxygen atoms in total. The van der Waals surface area contributed by atoms with Crippen LogP contribution in [0.1, 0.15) is 194 Å². The number of ether oxygens (including phenoxy) is 1. The molecule has 1 atom stereocenters. The number of hydrogen-bond donors (Lipinski definition) is 2. The number of rotatable bonds is 37. The molecule has 1 unspecified atom stereocenters. The van der Waals surface area contributed by atoms with Crippen LogP contribution in [0, 0.1) is 0 Å². The van der Waals surface area contributed by atoms with Crippen molar-refractivity contribution in [2.75, 3.05) is 6.54 Å². The van der Waals surface area contributed by atoms with Gasteiger partial charge in [0, 0.05) is 12.8 Å². The molecule has 0 aliphatic heterocycles. The third kappa shape index (κ3) is 39.7. The van der Waals surface area contributed by atoms with E-state index in [2.05, 4.69) is 79.9 Å². The van der Waals surface area contributed by atoms with Crippen molar-refractivity contribution in [2.24, 2.45) is 0 Å². The molecule has 0 saturated heterocycles. The summed E-state index contributed by atoms with van der Waals surface area (Å²) in [6.07, 6.45) is 52.0. The Morgan fingerprint density at radius 3 is 1.57 bits per heavy atom. The summed E-state index contributed by atoms with van der Waals surface area (Å²) in [7, 11) is 0. The first-order valence-corrected chi connectivity index (χ1v) is 20.9. The van der Waals surface area contributed by atoms with Crippen LogP contribution in [-0.4, -0.2) is 35.6 Å². The van der Waals surface area contributed by atoms with E-state index in [-0.39, 0.29) is 24.5 Å². The van der Waals surface area contributed by atoms with Crippen molar-refractivity contribution in [1.82, 2.24) is 5.32 Å². The summed E-state index contributed by atoms with van der Waals surface area (Å²) >= 11 is 0. The molecule has 1 amide bonds. The molecule has 0 saturated carbocycles. The Morgan fingerprint density at radius 1 is 0.529 bits per heavy atom. The first-order valence-electron chi connectivity index (χ1n) is 20.9. The van der Waals surface area contributed by atoms with Crippen molar-refractivity contribution in [2.45, 2.75) is 200 Å². The first-order chi connectivity index (χ1) is 25.0. The molecule has 0 bridgehead atoms. The zero-order valence-corrected chi connectivity index (χ0v) is 32.9. The summed E-state index contributed by atoms with van der Waals surface area (Å²) in [6.45, 7) is 4.10. The molecule has 0 radical (unpaired) electrons. The smallest absolute Gasteiger partial charge is 0.322 e. The average molecular weight is 712 g/mol. The molecule has 0 aliphatic carbocycles. The number of carboxylic acids is 1. The van der Waals surface area contributed by atoms with Gasteiger partial charge in [0.05, 0.1) is 0 Å². The van der Waals surface area contributed by atoms with Crippen LogP contribution in [0.15, 0.2) is 60.8 Å². The molecule has 0 spiro atoms. The van der Waals surface area contributed by atoms with Gasteiger partial charge in [-0.2, -0.15) is 0 Å². The van der Waals surface area contributed by atoms with Crippen molar-refractivity contribution in [1.29, 1.82) is 0 Å². The number of carboxylic acid groups (broad SMARTS) is 1. The second-order valence-electron chi connectivity index (χ2n) is 13.9. The lowest BCUT2D eigenvalue weighted by Crippen LogP contribution is -2.28. The third-order valence-corrected chi connectivity index (χ3v) is 8.93. The lowest BCUT2D eigenvalue weighted by Gasteiger charge is -2.17. The number of amides is 1. The maximum atomic E-state index is 12.7. The molecule has 0 aromatic rings. The molecular weight excluding hydrogens is 634 g/mol. The van der Waals surface area contributed by atoms with Gasteiger partial charge in [-0.15, -0.1) is 0 Å². The van der Waals surface area contributed by atoms with Crippen LogP contribution >= 0.6 is 0 Å². The highest BCUT2D eigenvalue weighted by Gasteiger charge is 2.14. The lowest BCUT2D eigenvalue weighted by atomic mass is 10.0. The molecule has 0 aromatic heterocycles. The van der Waals surface area contributed by atoms with E-state index in [1.54, 1.807) is 0 Å². The van der Waals surface area contributed by atoms with Crippen LogP contribution in [0.2, 0.25) is 0 Å². The molecule has 6 heteroatoms. The summed E-state index contributed by atoms with van der Waals surface area (Å²) in [5.74, 6) is -1.30. The fourth-order valence-corrected chi connectivity index (χ4v) is 5.85. The highest BCUT2D eigenvalue weighted by molar-refractivity contribution is 5.80. The minimum atomic E-state index is -1.02. The van der Waals surface area contributed by atoms with Crippen LogP contribution in [0.5, 0.6) is 0 Å². The summed E-state index contributed by atoms with van der Waals surface area (Å²) in [6, 6.07) is 0. The topological polar surface area (TPSA) is 92.7 Å². The highest BCUT2D eigenvalue weighted by Crippen LogP contribution is 2.17. The van der Waals surface area contributed by atoms with E-state index >= 15 is 0 Å². The standard InChI is InChI=1S/C45H77NO5/c1-3-5-7-9-11-13-15-17-18-19-21-23-25-27-32-36-40-45(50)51-42(38-34-30-28-31-35-39-43(47)46-41-44(48)49)37-33-29-26-24-22-20-16-14-12-10-8-6-4-2/h6,8,12,14,18-20,22,26,29,42H,3-5,7,9-11,13,15-17,21,23-25,27-28,30-41H2,1-2H3,(H,46,47)(H,48,49)/b8-6-,14-12-,19-18-,22-20-,29-26-. The fourth-order valence-electron chi connectivity index (χ4n) is 5.85. The van der Waals surface area contributed by atoms with Crippen molar-refractivity contribution in [3.8, 4) is 0 Å². The van der Waals surface area contributed by atoms with E-state index in [9.17, 15) is 14.4 Å². The number of aliphatic carboxylic acids is 1. The van der Waals surface area contributed by atoms with Gasteiger partial charge in [-0.1, -0.05) is 152 Å². The molecule has 0 aliphatic rings. The quantitative estimate of drug-likeness (QED) is 0.0380. The molecule has 0 heterocycles. The number of allylic oxidation sites excluding steroid dienone is 10. The van der Waals surface area contributed by atoms with Gasteiger partial charge >= 0.3 is 11.9 Å². The van der Waals surface area contributed by atoms with E-state index in [4.69, 9.17) is 9.84 Å². The zero-order chi connectivity index (χ0) is 37.3. The van der Waals surface area contributed by atoms with Gasteiger partial charge in [0.15, 0.2) is 0 Å². The second-order valence-corrected chi connectivity index (χ2v) is 13.9. The average Bonchev–Trinajstić information content (AvgIpc) is 3.11. The Kier molecular flexibility index (Phi) is 37.6. The lowest BCUT2D eigenvalue weighted by molar-refractivity contribution is -0.150. The minimum Gasteiger partial charge on any atom is -0.480 e. The molecule has 0 aromatic carbocycles. The maximum Gasteiger partial charge on any atom is 0.322 e. The summed E-state index contributed by atoms with van der Waals surface area (Å²) < 4.78 is 5.98. The maximum absolute atomic E-state index is 12.7. The van der Waals surface area contributed by atoms with E-state index in [0.29, 0.717) is 12.8 Å². The van der Waals surface area contributed by atoms with Crippen molar-refractivity contribution >= 4 is 17.8 Å². The summed E-state index contributed by atoms with van der Waals surface area (Å²) in [5.41, 5.74) is 0. The first kappa shape index (κ1) is 48.1. The van der Waals surface area contributed by atoms with Gasteiger partial charge in [-0.3, -0.25) is 14.4 Å². The van der Waals surface area contributed by atoms with Gasteiger partial charge in [-0.05, 0) is 89.9 Å². The van der Waals surface area contributed by atoms with E-state index < -0.39 is 5.97 Å². The third-order valence-electron chi connectivity index (χ3n) is 8.93. The Labute approximate surface area is 313 Å². The molecule has 292 valence electrons. The Balaban J connectivity index is 4.30. The number of carbonyl (C=O) groups excluding carboxylic acids is 2. The number of hydrogen-bond acceptors (Lipinski definition) is 4. The molecule has 2 N–H and O–H groups in total. The summed E-state index contributed by atoms with van der Waals surface area (Å²) in [5, 5.41) is 11.1. The van der Waals surface area contributed by atoms with E-state index in [0.717, 1.165) is 89.9 Å². The Bertz CT molecular complexity index is 964.